The maximum atomic E-state index is 10.8. The Bertz CT molecular complexity index is 406. The zero-order valence-corrected chi connectivity index (χ0v) is 10.0. The van der Waals surface area contributed by atoms with E-state index in [9.17, 15) is 8.42 Å². The van der Waals surface area contributed by atoms with Gasteiger partial charge >= 0.3 is 0 Å². The van der Waals surface area contributed by atoms with Crippen molar-refractivity contribution in [3.8, 4) is 0 Å². The topological polar surface area (TPSA) is 43.4 Å². The first-order valence-corrected chi connectivity index (χ1v) is 6.61. The van der Waals surface area contributed by atoms with Gasteiger partial charge in [-0.25, -0.2) is 0 Å². The Morgan fingerprint density at radius 3 is 2.27 bits per heavy atom. The minimum Gasteiger partial charge on any atom is -0.270 e. The standard InChI is InChI=1S/C11H16O3S/c1-9-4-6-11(7-5-9)10(2)8-14-15(3,12)13/h4-7,10H,8H2,1-3H3. The maximum absolute atomic E-state index is 10.8. The zero-order chi connectivity index (χ0) is 11.5. The summed E-state index contributed by atoms with van der Waals surface area (Å²) in [5, 5.41) is 0. The van der Waals surface area contributed by atoms with Crippen molar-refractivity contribution in [2.45, 2.75) is 19.8 Å². The molecule has 0 bridgehead atoms. The van der Waals surface area contributed by atoms with Crippen LogP contribution in [0.4, 0.5) is 0 Å². The molecule has 0 radical (unpaired) electrons. The molecule has 0 aliphatic rings. The molecule has 1 rings (SSSR count). The Kier molecular flexibility index (Phi) is 3.88. The second-order valence-corrected chi connectivity index (χ2v) is 5.44. The average molecular weight is 228 g/mol. The van der Waals surface area contributed by atoms with Crippen molar-refractivity contribution in [3.63, 3.8) is 0 Å². The number of aryl methyl sites for hydroxylation is 1. The number of hydrogen-bond donors (Lipinski definition) is 0. The molecule has 0 aliphatic heterocycles. The molecule has 1 aromatic carbocycles. The molecule has 0 saturated heterocycles. The molecule has 15 heavy (non-hydrogen) atoms. The molecule has 0 spiro atoms. The summed E-state index contributed by atoms with van der Waals surface area (Å²) in [6, 6.07) is 8.00. The van der Waals surface area contributed by atoms with Crippen LogP contribution in [0.15, 0.2) is 24.3 Å². The van der Waals surface area contributed by atoms with Crippen LogP contribution in [0.5, 0.6) is 0 Å². The number of benzene rings is 1. The van der Waals surface area contributed by atoms with Gasteiger partial charge in [0.25, 0.3) is 10.1 Å². The van der Waals surface area contributed by atoms with E-state index in [2.05, 4.69) is 0 Å². The van der Waals surface area contributed by atoms with E-state index in [1.807, 2.05) is 38.1 Å². The Labute approximate surface area is 91.2 Å². The first kappa shape index (κ1) is 12.2. The highest BCUT2D eigenvalue weighted by Crippen LogP contribution is 2.16. The summed E-state index contributed by atoms with van der Waals surface area (Å²) in [4.78, 5) is 0. The van der Waals surface area contributed by atoms with Gasteiger partial charge in [0.05, 0.1) is 12.9 Å². The van der Waals surface area contributed by atoms with Gasteiger partial charge in [0, 0.05) is 5.92 Å². The fourth-order valence-electron chi connectivity index (χ4n) is 1.22. The molecule has 0 heterocycles. The molecule has 0 aromatic heterocycles. The summed E-state index contributed by atoms with van der Waals surface area (Å²) in [5.74, 6) is 0.0836. The summed E-state index contributed by atoms with van der Waals surface area (Å²) in [6.07, 6.45) is 1.06. The van der Waals surface area contributed by atoms with E-state index in [0.717, 1.165) is 11.8 Å². The molecule has 0 fully saturated rings. The lowest BCUT2D eigenvalue weighted by Crippen LogP contribution is -2.09. The third-order valence-electron chi connectivity index (χ3n) is 2.18. The molecule has 3 nitrogen and oxygen atoms in total. The van der Waals surface area contributed by atoms with Crippen molar-refractivity contribution in [1.29, 1.82) is 0 Å². The van der Waals surface area contributed by atoms with E-state index in [1.165, 1.54) is 5.56 Å². The minimum absolute atomic E-state index is 0.0836. The second kappa shape index (κ2) is 4.77. The van der Waals surface area contributed by atoms with Gasteiger partial charge in [0.15, 0.2) is 0 Å². The molecule has 0 N–H and O–H groups in total. The van der Waals surface area contributed by atoms with Crippen LogP contribution in [0.2, 0.25) is 0 Å². The Morgan fingerprint density at radius 1 is 1.27 bits per heavy atom. The monoisotopic (exact) mass is 228 g/mol. The molecule has 0 aliphatic carbocycles. The van der Waals surface area contributed by atoms with Gasteiger partial charge in [-0.3, -0.25) is 4.18 Å². The molecule has 4 heteroatoms. The van der Waals surface area contributed by atoms with Gasteiger partial charge in [-0.15, -0.1) is 0 Å². The lowest BCUT2D eigenvalue weighted by Gasteiger charge is -2.11. The summed E-state index contributed by atoms with van der Waals surface area (Å²) in [5.41, 5.74) is 2.28. The minimum atomic E-state index is -3.34. The Morgan fingerprint density at radius 2 is 1.80 bits per heavy atom. The van der Waals surface area contributed by atoms with Crippen LogP contribution in [-0.4, -0.2) is 21.3 Å². The third kappa shape index (κ3) is 4.44. The predicted octanol–water partition coefficient (Wildman–Crippen LogP) is 2.07. The first-order valence-electron chi connectivity index (χ1n) is 4.79. The molecule has 0 amide bonds. The van der Waals surface area contributed by atoms with Crippen LogP contribution in [0, 0.1) is 6.92 Å². The van der Waals surface area contributed by atoms with E-state index in [1.54, 1.807) is 0 Å². The summed E-state index contributed by atoms with van der Waals surface area (Å²) in [7, 11) is -3.34. The van der Waals surface area contributed by atoms with Crippen molar-refractivity contribution >= 4 is 10.1 Å². The molecule has 84 valence electrons. The highest BCUT2D eigenvalue weighted by Gasteiger charge is 2.09. The van der Waals surface area contributed by atoms with Crippen molar-refractivity contribution in [2.24, 2.45) is 0 Å². The summed E-state index contributed by atoms with van der Waals surface area (Å²) < 4.78 is 26.3. The molecule has 1 atom stereocenters. The van der Waals surface area contributed by atoms with E-state index >= 15 is 0 Å². The predicted molar refractivity (Wildman–Crippen MR) is 60.4 cm³/mol. The van der Waals surface area contributed by atoms with Gasteiger partial charge < -0.3 is 0 Å². The fourth-order valence-corrected chi connectivity index (χ4v) is 1.67. The lowest BCUT2D eigenvalue weighted by atomic mass is 10.0. The lowest BCUT2D eigenvalue weighted by molar-refractivity contribution is 0.301. The molecular formula is C11H16O3S. The van der Waals surface area contributed by atoms with Crippen LogP contribution in [-0.2, 0) is 14.3 Å². The molecule has 1 aromatic rings. The maximum Gasteiger partial charge on any atom is 0.264 e. The first-order chi connectivity index (χ1) is 6.88. The van der Waals surface area contributed by atoms with E-state index in [4.69, 9.17) is 4.18 Å². The highest BCUT2D eigenvalue weighted by molar-refractivity contribution is 7.85. The van der Waals surface area contributed by atoms with Crippen LogP contribution in [0.3, 0.4) is 0 Å². The van der Waals surface area contributed by atoms with Gasteiger partial charge in [-0.2, -0.15) is 8.42 Å². The van der Waals surface area contributed by atoms with Crippen LogP contribution in [0.1, 0.15) is 24.0 Å². The van der Waals surface area contributed by atoms with Crippen molar-refractivity contribution in [1.82, 2.24) is 0 Å². The van der Waals surface area contributed by atoms with Crippen LogP contribution in [0.25, 0.3) is 0 Å². The highest BCUT2D eigenvalue weighted by atomic mass is 32.2. The van der Waals surface area contributed by atoms with Gasteiger partial charge in [-0.1, -0.05) is 36.8 Å². The molecular weight excluding hydrogens is 212 g/mol. The van der Waals surface area contributed by atoms with Crippen molar-refractivity contribution in [3.05, 3.63) is 35.4 Å². The third-order valence-corrected chi connectivity index (χ3v) is 2.74. The Hall–Kier alpha value is -0.870. The van der Waals surface area contributed by atoms with E-state index in [-0.39, 0.29) is 12.5 Å². The van der Waals surface area contributed by atoms with Gasteiger partial charge in [0.1, 0.15) is 0 Å². The zero-order valence-electron chi connectivity index (χ0n) is 9.23. The van der Waals surface area contributed by atoms with Crippen molar-refractivity contribution in [2.75, 3.05) is 12.9 Å². The van der Waals surface area contributed by atoms with Gasteiger partial charge in [0.2, 0.25) is 0 Å². The average Bonchev–Trinajstić information content (AvgIpc) is 2.14. The molecule has 1 unspecified atom stereocenters. The van der Waals surface area contributed by atoms with Crippen molar-refractivity contribution < 1.29 is 12.6 Å². The smallest absolute Gasteiger partial charge is 0.264 e. The Balaban J connectivity index is 2.61. The van der Waals surface area contributed by atoms with E-state index < -0.39 is 10.1 Å². The van der Waals surface area contributed by atoms with Crippen LogP contribution < -0.4 is 0 Å². The summed E-state index contributed by atoms with van der Waals surface area (Å²) in [6.45, 7) is 4.15. The summed E-state index contributed by atoms with van der Waals surface area (Å²) >= 11 is 0. The van der Waals surface area contributed by atoms with E-state index in [0.29, 0.717) is 0 Å². The fraction of sp³-hybridized carbons (Fsp3) is 0.455. The quantitative estimate of drug-likeness (QED) is 0.741. The molecule has 0 saturated carbocycles. The van der Waals surface area contributed by atoms with Gasteiger partial charge in [-0.05, 0) is 12.5 Å². The normalized spacial score (nSPS) is 13.8. The number of rotatable bonds is 4. The largest absolute Gasteiger partial charge is 0.270 e. The second-order valence-electron chi connectivity index (χ2n) is 3.80. The van der Waals surface area contributed by atoms with Crippen LogP contribution >= 0.6 is 0 Å². The number of hydrogen-bond acceptors (Lipinski definition) is 3. The SMILES string of the molecule is Cc1ccc(C(C)COS(C)(=O)=O)cc1.